The molecular weight excluding hydrogens is 254 g/mol. The Labute approximate surface area is 117 Å². The third-order valence-corrected chi connectivity index (χ3v) is 4.18. The Bertz CT molecular complexity index is 573. The lowest BCUT2D eigenvalue weighted by Crippen LogP contribution is -2.45. The molecule has 1 heterocycles. The average Bonchev–Trinajstić information content (AvgIpc) is 2.50. The highest BCUT2D eigenvalue weighted by Crippen LogP contribution is 2.24. The fourth-order valence-corrected chi connectivity index (χ4v) is 3.06. The molecule has 1 aromatic rings. The third-order valence-electron chi connectivity index (χ3n) is 4.18. The van der Waals surface area contributed by atoms with Gasteiger partial charge in [-0.15, -0.1) is 0 Å². The number of benzene rings is 1. The molecule has 4 nitrogen and oxygen atoms in total. The van der Waals surface area contributed by atoms with Crippen molar-refractivity contribution in [1.29, 1.82) is 0 Å². The van der Waals surface area contributed by atoms with Crippen LogP contribution in [-0.2, 0) is 4.79 Å². The molecule has 0 bridgehead atoms. The van der Waals surface area contributed by atoms with E-state index in [0.717, 1.165) is 25.9 Å². The van der Waals surface area contributed by atoms with Gasteiger partial charge < -0.3 is 4.90 Å². The Kier molecular flexibility index (Phi) is 3.49. The zero-order valence-corrected chi connectivity index (χ0v) is 11.3. The van der Waals surface area contributed by atoms with Crippen molar-refractivity contribution >= 4 is 17.3 Å². The highest BCUT2D eigenvalue weighted by Gasteiger charge is 2.40. The van der Waals surface area contributed by atoms with E-state index in [1.165, 1.54) is 6.42 Å². The van der Waals surface area contributed by atoms with Crippen molar-refractivity contribution in [3.63, 3.8) is 0 Å². The Morgan fingerprint density at radius 1 is 0.900 bits per heavy atom. The Hall–Kier alpha value is -1.81. The van der Waals surface area contributed by atoms with Gasteiger partial charge in [0, 0.05) is 17.7 Å². The average molecular weight is 271 g/mol. The van der Waals surface area contributed by atoms with Crippen LogP contribution in [0.15, 0.2) is 24.3 Å². The lowest BCUT2D eigenvalue weighted by atomic mass is 9.80. The second kappa shape index (κ2) is 5.29. The van der Waals surface area contributed by atoms with Crippen molar-refractivity contribution in [2.24, 2.45) is 5.92 Å². The molecule has 0 radical (unpaired) electrons. The Balaban J connectivity index is 1.87. The zero-order chi connectivity index (χ0) is 14.1. The smallest absolute Gasteiger partial charge is 0.230 e. The number of carbonyl (C=O) groups excluding carboxylic acids is 3. The molecule has 0 N–H and O–H groups in total. The van der Waals surface area contributed by atoms with Crippen molar-refractivity contribution in [2.45, 2.75) is 19.3 Å². The van der Waals surface area contributed by atoms with E-state index >= 15 is 0 Å². The molecule has 0 amide bonds. The molecule has 1 unspecified atom stereocenters. The van der Waals surface area contributed by atoms with Crippen LogP contribution < -0.4 is 0 Å². The molecule has 0 saturated carbocycles. The van der Waals surface area contributed by atoms with Crippen LogP contribution in [0.5, 0.6) is 0 Å². The molecule has 104 valence electrons. The first-order valence-electron chi connectivity index (χ1n) is 7.12. The molecular formula is C16H17NO3. The van der Waals surface area contributed by atoms with Gasteiger partial charge in [0.1, 0.15) is 5.92 Å². The van der Waals surface area contributed by atoms with Crippen LogP contribution in [0.3, 0.4) is 0 Å². The number of hydrogen-bond donors (Lipinski definition) is 0. The number of Topliss-reactive ketones (excluding diaryl/α,β-unsaturated/α-hetero) is 3. The van der Waals surface area contributed by atoms with Gasteiger partial charge in [0.15, 0.2) is 5.78 Å². The van der Waals surface area contributed by atoms with Gasteiger partial charge >= 0.3 is 0 Å². The molecule has 1 fully saturated rings. The first-order valence-corrected chi connectivity index (χ1v) is 7.12. The van der Waals surface area contributed by atoms with E-state index in [0.29, 0.717) is 12.1 Å². The molecule has 0 aromatic heterocycles. The first kappa shape index (κ1) is 13.2. The predicted octanol–water partition coefficient (Wildman–Crippen LogP) is 1.74. The van der Waals surface area contributed by atoms with Crippen molar-refractivity contribution in [1.82, 2.24) is 4.90 Å². The van der Waals surface area contributed by atoms with Crippen LogP contribution in [0, 0.1) is 5.92 Å². The fourth-order valence-electron chi connectivity index (χ4n) is 3.06. The maximum atomic E-state index is 12.4. The summed E-state index contributed by atoms with van der Waals surface area (Å²) in [4.78, 5) is 38.8. The molecule has 2 aliphatic rings. The number of nitrogens with zero attached hydrogens (tertiary/aromatic N) is 1. The van der Waals surface area contributed by atoms with E-state index in [4.69, 9.17) is 0 Å². The summed E-state index contributed by atoms with van der Waals surface area (Å²) in [6.07, 6.45) is 3.39. The van der Waals surface area contributed by atoms with Crippen molar-refractivity contribution in [3.8, 4) is 0 Å². The number of ketones is 3. The summed E-state index contributed by atoms with van der Waals surface area (Å²) in [6.45, 7) is 2.21. The summed E-state index contributed by atoms with van der Waals surface area (Å²) < 4.78 is 0. The van der Waals surface area contributed by atoms with Crippen LogP contribution in [0.4, 0.5) is 0 Å². The van der Waals surface area contributed by atoms with Crippen LogP contribution >= 0.6 is 0 Å². The summed E-state index contributed by atoms with van der Waals surface area (Å²) in [6, 6.07) is 6.62. The molecule has 0 spiro atoms. The molecule has 4 heteroatoms. The van der Waals surface area contributed by atoms with E-state index in [-0.39, 0.29) is 11.3 Å². The SMILES string of the molecule is O=C1C(=O)C(CN2CCCCC2)C(=O)c2ccccc21. The summed E-state index contributed by atoms with van der Waals surface area (Å²) in [5.74, 6) is -2.06. The number of carbonyl (C=O) groups is 3. The minimum atomic E-state index is -0.810. The lowest BCUT2D eigenvalue weighted by Gasteiger charge is -2.30. The van der Waals surface area contributed by atoms with Crippen LogP contribution in [0.1, 0.15) is 40.0 Å². The standard InChI is InChI=1S/C16H17NO3/c18-14-11-6-2-3-7-12(11)15(19)16(20)13(14)10-17-8-4-1-5-9-17/h2-3,6-7,13H,1,4-5,8-10H2. The molecule has 1 atom stereocenters. The Morgan fingerprint density at radius 2 is 1.55 bits per heavy atom. The van der Waals surface area contributed by atoms with Gasteiger partial charge in [0.25, 0.3) is 0 Å². The minimum absolute atomic E-state index is 0.198. The minimum Gasteiger partial charge on any atom is -0.302 e. The van der Waals surface area contributed by atoms with Gasteiger partial charge in [0.05, 0.1) is 0 Å². The van der Waals surface area contributed by atoms with E-state index in [2.05, 4.69) is 4.90 Å². The van der Waals surface area contributed by atoms with E-state index < -0.39 is 17.5 Å². The second-order valence-corrected chi connectivity index (χ2v) is 5.52. The topological polar surface area (TPSA) is 54.5 Å². The number of fused-ring (bicyclic) bond motifs is 1. The largest absolute Gasteiger partial charge is 0.302 e. The number of likely N-dealkylation sites (tertiary alicyclic amines) is 1. The maximum absolute atomic E-state index is 12.4. The fraction of sp³-hybridized carbons (Fsp3) is 0.438. The maximum Gasteiger partial charge on any atom is 0.230 e. The lowest BCUT2D eigenvalue weighted by molar-refractivity contribution is -0.118. The molecule has 3 rings (SSSR count). The van der Waals surface area contributed by atoms with Crippen LogP contribution in [-0.4, -0.2) is 41.9 Å². The summed E-state index contributed by atoms with van der Waals surface area (Å²) in [7, 11) is 0. The highest BCUT2D eigenvalue weighted by molar-refractivity contribution is 6.51. The zero-order valence-electron chi connectivity index (χ0n) is 11.3. The van der Waals surface area contributed by atoms with Crippen LogP contribution in [0.2, 0.25) is 0 Å². The number of hydrogen-bond acceptors (Lipinski definition) is 4. The van der Waals surface area contributed by atoms with E-state index in [9.17, 15) is 14.4 Å². The van der Waals surface area contributed by atoms with Crippen molar-refractivity contribution < 1.29 is 14.4 Å². The van der Waals surface area contributed by atoms with Crippen molar-refractivity contribution in [2.75, 3.05) is 19.6 Å². The number of rotatable bonds is 2. The summed E-state index contributed by atoms with van der Waals surface area (Å²) >= 11 is 0. The summed E-state index contributed by atoms with van der Waals surface area (Å²) in [5, 5.41) is 0. The van der Waals surface area contributed by atoms with E-state index in [1.54, 1.807) is 24.3 Å². The highest BCUT2D eigenvalue weighted by atomic mass is 16.2. The van der Waals surface area contributed by atoms with Gasteiger partial charge in [-0.3, -0.25) is 14.4 Å². The molecule has 20 heavy (non-hydrogen) atoms. The van der Waals surface area contributed by atoms with Gasteiger partial charge in [-0.05, 0) is 25.9 Å². The van der Waals surface area contributed by atoms with Crippen molar-refractivity contribution in [3.05, 3.63) is 35.4 Å². The molecule has 1 aliphatic carbocycles. The monoisotopic (exact) mass is 271 g/mol. The van der Waals surface area contributed by atoms with Gasteiger partial charge in [-0.2, -0.15) is 0 Å². The quantitative estimate of drug-likeness (QED) is 0.607. The number of piperidine rings is 1. The predicted molar refractivity (Wildman–Crippen MR) is 73.9 cm³/mol. The van der Waals surface area contributed by atoms with Gasteiger partial charge in [-0.25, -0.2) is 0 Å². The van der Waals surface area contributed by atoms with Crippen LogP contribution in [0.25, 0.3) is 0 Å². The van der Waals surface area contributed by atoms with Gasteiger partial charge in [-0.1, -0.05) is 30.7 Å². The summed E-state index contributed by atoms with van der Waals surface area (Å²) in [5.41, 5.74) is 0.663. The molecule has 1 aliphatic heterocycles. The first-order chi connectivity index (χ1) is 9.68. The third kappa shape index (κ3) is 2.20. The Morgan fingerprint density at radius 3 is 2.25 bits per heavy atom. The molecule has 1 saturated heterocycles. The second-order valence-electron chi connectivity index (χ2n) is 5.52. The normalized spacial score (nSPS) is 23.8. The van der Waals surface area contributed by atoms with E-state index in [1.807, 2.05) is 0 Å². The van der Waals surface area contributed by atoms with Gasteiger partial charge in [0.2, 0.25) is 11.6 Å². The molecule has 1 aromatic carbocycles.